The summed E-state index contributed by atoms with van der Waals surface area (Å²) < 4.78 is 0. The van der Waals surface area contributed by atoms with Gasteiger partial charge >= 0.3 is 11.9 Å². The molecular weight excluding hydrogens is 312 g/mol. The third-order valence-corrected chi connectivity index (χ3v) is 3.17. The van der Waals surface area contributed by atoms with E-state index in [4.69, 9.17) is 19.6 Å². The Labute approximate surface area is 146 Å². The molecule has 0 saturated carbocycles. The van der Waals surface area contributed by atoms with Gasteiger partial charge in [-0.3, -0.25) is 9.78 Å². The van der Waals surface area contributed by atoms with Crippen molar-refractivity contribution in [1.82, 2.24) is 0 Å². The van der Waals surface area contributed by atoms with Crippen molar-refractivity contribution < 1.29 is 29.1 Å². The van der Waals surface area contributed by atoms with Gasteiger partial charge in [0, 0.05) is 0 Å². The van der Waals surface area contributed by atoms with Crippen LogP contribution in [0.2, 0.25) is 0 Å². The molecule has 0 radical (unpaired) electrons. The zero-order valence-corrected chi connectivity index (χ0v) is 16.4. The molecule has 0 spiro atoms. The second-order valence-electron chi connectivity index (χ2n) is 8.13. The molecule has 0 aliphatic rings. The van der Waals surface area contributed by atoms with Gasteiger partial charge < -0.3 is 0 Å². The van der Waals surface area contributed by atoms with E-state index in [0.29, 0.717) is 19.3 Å². The minimum Gasteiger partial charge on any atom is -0.298 e. The molecule has 24 heavy (non-hydrogen) atoms. The Morgan fingerprint density at radius 1 is 0.833 bits per heavy atom. The lowest BCUT2D eigenvalue weighted by Crippen LogP contribution is -2.26. The molecule has 0 saturated heterocycles. The molecule has 6 heteroatoms. The summed E-state index contributed by atoms with van der Waals surface area (Å²) in [6.07, 6.45) is 2.64. The third kappa shape index (κ3) is 11.4. The van der Waals surface area contributed by atoms with Crippen LogP contribution >= 0.6 is 0 Å². The molecule has 0 aromatic carbocycles. The topological polar surface area (TPSA) is 71.1 Å². The van der Waals surface area contributed by atoms with Crippen LogP contribution in [0.4, 0.5) is 0 Å². The minimum absolute atomic E-state index is 0.235. The van der Waals surface area contributed by atoms with Gasteiger partial charge in [0.15, 0.2) is 0 Å². The van der Waals surface area contributed by atoms with Crippen molar-refractivity contribution in [1.29, 1.82) is 0 Å². The molecule has 0 fully saturated rings. The number of rotatable bonds is 9. The normalized spacial score (nSPS) is 14.8. The Morgan fingerprint density at radius 2 is 1.29 bits per heavy atom. The highest BCUT2D eigenvalue weighted by molar-refractivity contribution is 5.72. The smallest absolute Gasteiger partial charge is 0.298 e. The van der Waals surface area contributed by atoms with E-state index in [2.05, 4.69) is 0 Å². The maximum atomic E-state index is 12.0. The van der Waals surface area contributed by atoms with Crippen molar-refractivity contribution >= 4 is 11.9 Å². The lowest BCUT2D eigenvalue weighted by Gasteiger charge is -2.20. The molecule has 0 aliphatic heterocycles. The van der Waals surface area contributed by atoms with Gasteiger partial charge in [0.05, 0.1) is 11.8 Å². The Bertz CT molecular complexity index is 391. The Hall–Kier alpha value is -1.14. The lowest BCUT2D eigenvalue weighted by molar-refractivity contribution is -0.323. The lowest BCUT2D eigenvalue weighted by atomic mass is 9.96. The maximum Gasteiger partial charge on any atom is 0.345 e. The average molecular weight is 346 g/mol. The first kappa shape index (κ1) is 22.9. The Balaban J connectivity index is 4.16. The zero-order chi connectivity index (χ0) is 19.0. The van der Waals surface area contributed by atoms with Crippen LogP contribution in [0.15, 0.2) is 0 Å². The first-order chi connectivity index (χ1) is 10.9. The fourth-order valence-corrected chi connectivity index (χ4v) is 1.76. The first-order valence-corrected chi connectivity index (χ1v) is 8.64. The van der Waals surface area contributed by atoms with Crippen molar-refractivity contribution in [3.05, 3.63) is 0 Å². The van der Waals surface area contributed by atoms with Crippen molar-refractivity contribution in [2.45, 2.75) is 92.3 Å². The molecule has 0 aromatic heterocycles. The Morgan fingerprint density at radius 3 is 1.71 bits per heavy atom. The summed E-state index contributed by atoms with van der Waals surface area (Å²) in [7, 11) is 0. The van der Waals surface area contributed by atoms with Gasteiger partial charge in [-0.1, -0.05) is 20.3 Å². The van der Waals surface area contributed by atoms with Gasteiger partial charge in [0.25, 0.3) is 0 Å². The van der Waals surface area contributed by atoms with Crippen LogP contribution in [0, 0.1) is 11.8 Å². The van der Waals surface area contributed by atoms with Crippen LogP contribution in [0.25, 0.3) is 0 Å². The molecule has 0 amide bonds. The highest BCUT2D eigenvalue weighted by Crippen LogP contribution is 2.20. The van der Waals surface area contributed by atoms with Crippen molar-refractivity contribution in [3.8, 4) is 0 Å². The fraction of sp³-hybridized carbons (Fsp3) is 0.889. The number of hydrogen-bond acceptors (Lipinski definition) is 6. The van der Waals surface area contributed by atoms with Gasteiger partial charge in [-0.05, 0) is 60.8 Å². The van der Waals surface area contributed by atoms with Crippen molar-refractivity contribution in [3.63, 3.8) is 0 Å². The van der Waals surface area contributed by atoms with Crippen LogP contribution in [0.5, 0.6) is 0 Å². The van der Waals surface area contributed by atoms with E-state index >= 15 is 0 Å². The second kappa shape index (κ2) is 9.99. The van der Waals surface area contributed by atoms with Crippen LogP contribution < -0.4 is 0 Å². The van der Waals surface area contributed by atoms with E-state index in [-0.39, 0.29) is 17.8 Å². The zero-order valence-electron chi connectivity index (χ0n) is 16.4. The maximum absolute atomic E-state index is 12.0. The van der Waals surface area contributed by atoms with E-state index in [0.717, 1.165) is 6.42 Å². The molecule has 0 N–H and O–H groups in total. The van der Waals surface area contributed by atoms with E-state index in [9.17, 15) is 9.59 Å². The van der Waals surface area contributed by atoms with Crippen LogP contribution in [0.1, 0.15) is 81.1 Å². The first-order valence-electron chi connectivity index (χ1n) is 8.64. The molecule has 0 rings (SSSR count). The van der Waals surface area contributed by atoms with E-state index < -0.39 is 17.2 Å². The second-order valence-corrected chi connectivity index (χ2v) is 8.13. The molecule has 0 bridgehead atoms. The van der Waals surface area contributed by atoms with Crippen LogP contribution in [0.3, 0.4) is 0 Å². The molecule has 2 unspecified atom stereocenters. The summed E-state index contributed by atoms with van der Waals surface area (Å²) in [6.45, 7) is 14.6. The molecule has 6 nitrogen and oxygen atoms in total. The SMILES string of the molecule is CCC(CCCC(C)C(=O)OOC(C)(C)C)C(=O)OOC(C)(C)C. The number of hydrogen-bond donors (Lipinski definition) is 0. The highest BCUT2D eigenvalue weighted by Gasteiger charge is 2.24. The summed E-state index contributed by atoms with van der Waals surface area (Å²) in [5, 5.41) is 0. The molecule has 0 aliphatic carbocycles. The monoisotopic (exact) mass is 346 g/mol. The summed E-state index contributed by atoms with van der Waals surface area (Å²) in [6, 6.07) is 0. The van der Waals surface area contributed by atoms with Crippen LogP contribution in [-0.4, -0.2) is 23.1 Å². The molecule has 0 aromatic rings. The quantitative estimate of drug-likeness (QED) is 0.456. The molecule has 2 atom stereocenters. The third-order valence-electron chi connectivity index (χ3n) is 3.17. The summed E-state index contributed by atoms with van der Waals surface area (Å²) in [5.74, 6) is -1.27. The van der Waals surface area contributed by atoms with E-state index in [1.165, 1.54) is 0 Å². The summed E-state index contributed by atoms with van der Waals surface area (Å²) >= 11 is 0. The standard InChI is InChI=1S/C18H34O6/c1-9-14(16(20)22-24-18(6,7)8)12-10-11-13(2)15(19)21-23-17(3,4)5/h13-14H,9-12H2,1-8H3. The van der Waals surface area contributed by atoms with E-state index in [1.54, 1.807) is 6.92 Å². The predicted molar refractivity (Wildman–Crippen MR) is 90.7 cm³/mol. The van der Waals surface area contributed by atoms with Gasteiger partial charge in [-0.2, -0.15) is 9.78 Å². The number of carbonyl (C=O) groups is 2. The molecular formula is C18H34O6. The summed E-state index contributed by atoms with van der Waals surface area (Å²) in [5.41, 5.74) is -1.06. The van der Waals surface area contributed by atoms with Crippen LogP contribution in [-0.2, 0) is 29.1 Å². The largest absolute Gasteiger partial charge is 0.345 e. The highest BCUT2D eigenvalue weighted by atomic mass is 17.2. The van der Waals surface area contributed by atoms with Gasteiger partial charge in [-0.25, -0.2) is 9.59 Å². The minimum atomic E-state index is -0.528. The fourth-order valence-electron chi connectivity index (χ4n) is 1.76. The van der Waals surface area contributed by atoms with Gasteiger partial charge in [0.2, 0.25) is 0 Å². The Kier molecular flexibility index (Phi) is 9.51. The van der Waals surface area contributed by atoms with Crippen molar-refractivity contribution in [2.24, 2.45) is 11.8 Å². The number of carbonyl (C=O) groups excluding carboxylic acids is 2. The van der Waals surface area contributed by atoms with Gasteiger partial charge in [-0.15, -0.1) is 0 Å². The van der Waals surface area contributed by atoms with Crippen molar-refractivity contribution in [2.75, 3.05) is 0 Å². The average Bonchev–Trinajstić information content (AvgIpc) is 2.45. The van der Waals surface area contributed by atoms with E-state index in [1.807, 2.05) is 48.5 Å². The molecule has 142 valence electrons. The van der Waals surface area contributed by atoms with Gasteiger partial charge in [0.1, 0.15) is 11.2 Å². The predicted octanol–water partition coefficient (Wildman–Crippen LogP) is 4.37. The summed E-state index contributed by atoms with van der Waals surface area (Å²) in [4.78, 5) is 43.6. The molecule has 0 heterocycles.